The third-order valence-corrected chi connectivity index (χ3v) is 4.75. The van der Waals surface area contributed by atoms with Gasteiger partial charge in [-0.15, -0.1) is 0 Å². The quantitative estimate of drug-likeness (QED) is 0.408. The molecule has 0 radical (unpaired) electrons. The molecule has 1 amide bonds. The molecule has 0 bridgehead atoms. The minimum atomic E-state index is -0.449. The molecule has 0 aliphatic heterocycles. The summed E-state index contributed by atoms with van der Waals surface area (Å²) in [7, 11) is 0. The number of aromatic nitrogens is 3. The first-order valence-corrected chi connectivity index (χ1v) is 9.35. The molecule has 0 aliphatic rings. The highest BCUT2D eigenvalue weighted by Crippen LogP contribution is 2.29. The first kappa shape index (κ1) is 19.0. The van der Waals surface area contributed by atoms with Crippen LogP contribution in [0.1, 0.15) is 5.69 Å². The number of hydrogen-bond acceptors (Lipinski definition) is 5. The Labute approximate surface area is 175 Å². The maximum Gasteiger partial charge on any atom is 0.223 e. The molecule has 0 saturated carbocycles. The van der Waals surface area contributed by atoms with E-state index in [1.165, 1.54) is 0 Å². The Morgan fingerprint density at radius 1 is 1.07 bits per heavy atom. The summed E-state index contributed by atoms with van der Waals surface area (Å²) in [6.45, 7) is 0. The van der Waals surface area contributed by atoms with Crippen LogP contribution in [-0.4, -0.2) is 20.9 Å². The van der Waals surface area contributed by atoms with Crippen LogP contribution in [0, 0.1) is 0 Å². The number of halogens is 2. The van der Waals surface area contributed by atoms with E-state index >= 15 is 0 Å². The summed E-state index contributed by atoms with van der Waals surface area (Å²) < 4.78 is 5.87. The molecule has 0 unspecified atom stereocenters. The van der Waals surface area contributed by atoms with Crippen LogP contribution in [0.4, 0.5) is 11.6 Å². The summed E-state index contributed by atoms with van der Waals surface area (Å²) in [5.74, 6) is 1.26. The van der Waals surface area contributed by atoms with Gasteiger partial charge in [-0.25, -0.2) is 4.98 Å². The fourth-order valence-electron chi connectivity index (χ4n) is 2.75. The minimum Gasteiger partial charge on any atom is -0.457 e. The maximum atomic E-state index is 11.1. The minimum absolute atomic E-state index is 0.0549. The van der Waals surface area contributed by atoms with Crippen LogP contribution in [0.2, 0.25) is 10.0 Å². The molecule has 2 heterocycles. The Morgan fingerprint density at radius 2 is 1.90 bits per heavy atom. The second kappa shape index (κ2) is 7.98. The number of aromatic amines is 1. The first-order chi connectivity index (χ1) is 14.0. The van der Waals surface area contributed by atoms with E-state index in [1.54, 1.807) is 36.5 Å². The smallest absolute Gasteiger partial charge is 0.223 e. The molecule has 4 rings (SSSR count). The predicted molar refractivity (Wildman–Crippen MR) is 113 cm³/mol. The van der Waals surface area contributed by atoms with Gasteiger partial charge in [-0.3, -0.25) is 9.78 Å². The zero-order valence-corrected chi connectivity index (χ0v) is 16.5. The van der Waals surface area contributed by atoms with E-state index in [0.29, 0.717) is 33.2 Å². The van der Waals surface area contributed by atoms with Gasteiger partial charge in [0.05, 0.1) is 33.2 Å². The van der Waals surface area contributed by atoms with Crippen molar-refractivity contribution in [3.8, 4) is 11.5 Å². The second-order valence-electron chi connectivity index (χ2n) is 6.25. The van der Waals surface area contributed by atoms with Crippen molar-refractivity contribution in [3.63, 3.8) is 0 Å². The van der Waals surface area contributed by atoms with Gasteiger partial charge < -0.3 is 20.8 Å². The van der Waals surface area contributed by atoms with E-state index < -0.39 is 5.91 Å². The SMILES string of the molecule is NC(=O)Cc1cc(Oc2ccc3[nH]c(Nc4ccc(Cl)c(Cl)c4)nc3c2)ccn1. The number of pyridine rings is 1. The Morgan fingerprint density at radius 3 is 2.69 bits per heavy atom. The lowest BCUT2D eigenvalue weighted by Crippen LogP contribution is -2.14. The summed E-state index contributed by atoms with van der Waals surface area (Å²) in [5, 5.41) is 4.09. The van der Waals surface area contributed by atoms with Crippen molar-refractivity contribution >= 4 is 51.8 Å². The average molecular weight is 428 g/mol. The molecule has 0 fully saturated rings. The number of hydrogen-bond donors (Lipinski definition) is 3. The Balaban J connectivity index is 1.54. The highest BCUT2D eigenvalue weighted by atomic mass is 35.5. The van der Waals surface area contributed by atoms with E-state index in [-0.39, 0.29) is 6.42 Å². The molecule has 29 heavy (non-hydrogen) atoms. The fraction of sp³-hybridized carbons (Fsp3) is 0.0500. The summed E-state index contributed by atoms with van der Waals surface area (Å²) >= 11 is 12.0. The van der Waals surface area contributed by atoms with Crippen LogP contribution in [-0.2, 0) is 11.2 Å². The van der Waals surface area contributed by atoms with Crippen molar-refractivity contribution in [2.75, 3.05) is 5.32 Å². The number of carbonyl (C=O) groups excluding carboxylic acids is 1. The van der Waals surface area contributed by atoms with Crippen molar-refractivity contribution in [1.82, 2.24) is 15.0 Å². The predicted octanol–water partition coefficient (Wildman–Crippen LogP) is 4.83. The van der Waals surface area contributed by atoms with E-state index in [0.717, 1.165) is 16.7 Å². The molecule has 0 saturated heterocycles. The van der Waals surface area contributed by atoms with Gasteiger partial charge in [0.1, 0.15) is 11.5 Å². The van der Waals surface area contributed by atoms with Gasteiger partial charge in [0, 0.05) is 24.0 Å². The zero-order valence-electron chi connectivity index (χ0n) is 14.9. The number of carbonyl (C=O) groups is 1. The van der Waals surface area contributed by atoms with Gasteiger partial charge in [-0.1, -0.05) is 23.2 Å². The van der Waals surface area contributed by atoms with Gasteiger partial charge in [-0.05, 0) is 36.4 Å². The monoisotopic (exact) mass is 427 g/mol. The Bertz CT molecular complexity index is 1210. The van der Waals surface area contributed by atoms with Gasteiger partial charge in [-0.2, -0.15) is 0 Å². The number of nitrogens with two attached hydrogens (primary N) is 1. The van der Waals surface area contributed by atoms with Crippen molar-refractivity contribution in [2.24, 2.45) is 5.73 Å². The number of anilines is 2. The number of fused-ring (bicyclic) bond motifs is 1. The van der Waals surface area contributed by atoms with Crippen LogP contribution < -0.4 is 15.8 Å². The van der Waals surface area contributed by atoms with Gasteiger partial charge in [0.15, 0.2) is 0 Å². The number of benzene rings is 2. The van der Waals surface area contributed by atoms with Crippen LogP contribution in [0.3, 0.4) is 0 Å². The third-order valence-electron chi connectivity index (χ3n) is 4.02. The first-order valence-electron chi connectivity index (χ1n) is 8.59. The summed E-state index contributed by atoms with van der Waals surface area (Å²) in [6, 6.07) is 14.1. The fourth-order valence-corrected chi connectivity index (χ4v) is 3.05. The average Bonchev–Trinajstić information content (AvgIpc) is 3.06. The number of rotatable bonds is 6. The number of nitrogens with zero attached hydrogens (tertiary/aromatic N) is 2. The second-order valence-corrected chi connectivity index (χ2v) is 7.06. The third kappa shape index (κ3) is 4.59. The molecule has 4 aromatic rings. The molecule has 146 valence electrons. The highest BCUT2D eigenvalue weighted by molar-refractivity contribution is 6.42. The van der Waals surface area contributed by atoms with Crippen LogP contribution in [0.5, 0.6) is 11.5 Å². The van der Waals surface area contributed by atoms with Crippen molar-refractivity contribution in [3.05, 3.63) is 70.5 Å². The maximum absolute atomic E-state index is 11.1. The van der Waals surface area contributed by atoms with E-state index in [2.05, 4.69) is 20.3 Å². The number of imidazole rings is 1. The molecule has 4 N–H and O–H groups in total. The standard InChI is InChI=1S/C20H15Cl2N5O2/c21-15-3-1-11(8-16(15)22)25-20-26-17-4-2-13(10-18(17)27-20)29-14-5-6-24-12(7-14)9-19(23)28/h1-8,10H,9H2,(H2,23,28)(H2,25,26,27). The van der Waals surface area contributed by atoms with Crippen molar-refractivity contribution < 1.29 is 9.53 Å². The molecule has 7 nitrogen and oxygen atoms in total. The van der Waals surface area contributed by atoms with Crippen LogP contribution in [0.25, 0.3) is 11.0 Å². The normalized spacial score (nSPS) is 10.8. The molecule has 9 heteroatoms. The highest BCUT2D eigenvalue weighted by Gasteiger charge is 2.08. The van der Waals surface area contributed by atoms with Crippen LogP contribution >= 0.6 is 23.2 Å². The lowest BCUT2D eigenvalue weighted by molar-refractivity contribution is -0.117. The summed E-state index contributed by atoms with van der Waals surface area (Å²) in [6.07, 6.45) is 1.62. The molecule has 0 aliphatic carbocycles. The van der Waals surface area contributed by atoms with Gasteiger partial charge in [0.2, 0.25) is 11.9 Å². The van der Waals surface area contributed by atoms with Crippen LogP contribution in [0.15, 0.2) is 54.7 Å². The topological polar surface area (TPSA) is 106 Å². The lowest BCUT2D eigenvalue weighted by atomic mass is 10.2. The van der Waals surface area contributed by atoms with E-state index in [9.17, 15) is 4.79 Å². The number of ether oxygens (including phenoxy) is 1. The van der Waals surface area contributed by atoms with E-state index in [1.807, 2.05) is 18.2 Å². The number of primary amides is 1. The molecular weight excluding hydrogens is 413 g/mol. The largest absolute Gasteiger partial charge is 0.457 e. The molecule has 0 atom stereocenters. The Kier molecular flexibility index (Phi) is 5.24. The number of H-pyrrole nitrogens is 1. The number of nitrogens with one attached hydrogen (secondary N) is 2. The molecule has 2 aromatic carbocycles. The van der Waals surface area contributed by atoms with Crippen molar-refractivity contribution in [1.29, 1.82) is 0 Å². The lowest BCUT2D eigenvalue weighted by Gasteiger charge is -2.06. The molecule has 0 spiro atoms. The summed E-state index contributed by atoms with van der Waals surface area (Å²) in [5.41, 5.74) is 8.07. The van der Waals surface area contributed by atoms with Gasteiger partial charge >= 0.3 is 0 Å². The molecular formula is C20H15Cl2N5O2. The van der Waals surface area contributed by atoms with Crippen molar-refractivity contribution in [2.45, 2.75) is 6.42 Å². The van der Waals surface area contributed by atoms with Gasteiger partial charge in [0.25, 0.3) is 0 Å². The summed E-state index contributed by atoms with van der Waals surface area (Å²) in [4.78, 5) is 22.9. The number of amides is 1. The Hall–Kier alpha value is -3.29. The zero-order chi connectivity index (χ0) is 20.4. The van der Waals surface area contributed by atoms with E-state index in [4.69, 9.17) is 33.7 Å². The molecule has 2 aromatic heterocycles.